The van der Waals surface area contributed by atoms with Gasteiger partial charge in [0.15, 0.2) is 0 Å². The predicted octanol–water partition coefficient (Wildman–Crippen LogP) is 3.54. The molecule has 1 saturated carbocycles. The van der Waals surface area contributed by atoms with E-state index in [1.54, 1.807) is 7.11 Å². The molecule has 2 rings (SSSR count). The summed E-state index contributed by atoms with van der Waals surface area (Å²) >= 11 is 3.62. The highest BCUT2D eigenvalue weighted by molar-refractivity contribution is 9.10. The normalized spacial score (nSPS) is 18.4. The molecular formula is C14H20BrNO. The molecule has 0 aromatic heterocycles. The van der Waals surface area contributed by atoms with E-state index in [1.165, 1.54) is 36.8 Å². The van der Waals surface area contributed by atoms with Crippen molar-refractivity contribution in [3.05, 3.63) is 27.7 Å². The van der Waals surface area contributed by atoms with Gasteiger partial charge in [0.2, 0.25) is 0 Å². The molecule has 0 atom stereocenters. The van der Waals surface area contributed by atoms with E-state index < -0.39 is 0 Å². The van der Waals surface area contributed by atoms with Gasteiger partial charge < -0.3 is 10.5 Å². The van der Waals surface area contributed by atoms with E-state index in [1.807, 2.05) is 6.07 Å². The summed E-state index contributed by atoms with van der Waals surface area (Å²) in [4.78, 5) is 0. The molecule has 1 fully saturated rings. The van der Waals surface area contributed by atoms with E-state index in [2.05, 4.69) is 28.9 Å². The van der Waals surface area contributed by atoms with Crippen molar-refractivity contribution in [1.29, 1.82) is 0 Å². The molecule has 1 aromatic carbocycles. The van der Waals surface area contributed by atoms with Crippen LogP contribution < -0.4 is 10.5 Å². The highest BCUT2D eigenvalue weighted by Crippen LogP contribution is 2.44. The summed E-state index contributed by atoms with van der Waals surface area (Å²) in [6.07, 6.45) is 4.96. The Morgan fingerprint density at radius 2 is 2.00 bits per heavy atom. The van der Waals surface area contributed by atoms with Crippen LogP contribution in [0.4, 0.5) is 0 Å². The van der Waals surface area contributed by atoms with Crippen molar-refractivity contribution in [2.24, 2.45) is 5.73 Å². The first kappa shape index (κ1) is 12.9. The van der Waals surface area contributed by atoms with Gasteiger partial charge in [-0.25, -0.2) is 0 Å². The Labute approximate surface area is 112 Å². The molecule has 0 unspecified atom stereocenters. The number of methoxy groups -OCH3 is 1. The van der Waals surface area contributed by atoms with Gasteiger partial charge >= 0.3 is 0 Å². The smallest absolute Gasteiger partial charge is 0.120 e. The lowest BCUT2D eigenvalue weighted by Crippen LogP contribution is -2.32. The summed E-state index contributed by atoms with van der Waals surface area (Å²) in [6, 6.07) is 4.19. The van der Waals surface area contributed by atoms with Crippen LogP contribution in [0.2, 0.25) is 0 Å². The number of rotatable bonds is 3. The molecule has 2 N–H and O–H groups in total. The molecule has 17 heavy (non-hydrogen) atoms. The van der Waals surface area contributed by atoms with Gasteiger partial charge in [-0.15, -0.1) is 0 Å². The summed E-state index contributed by atoms with van der Waals surface area (Å²) in [5.41, 5.74) is 8.89. The van der Waals surface area contributed by atoms with Crippen molar-refractivity contribution in [3.8, 4) is 5.75 Å². The fraction of sp³-hybridized carbons (Fsp3) is 0.571. The number of hydrogen-bond donors (Lipinski definition) is 1. The van der Waals surface area contributed by atoms with E-state index in [0.717, 1.165) is 16.8 Å². The molecule has 0 amide bonds. The van der Waals surface area contributed by atoms with Gasteiger partial charge in [-0.1, -0.05) is 28.8 Å². The summed E-state index contributed by atoms with van der Waals surface area (Å²) in [7, 11) is 1.71. The van der Waals surface area contributed by atoms with Crippen molar-refractivity contribution in [1.82, 2.24) is 0 Å². The third kappa shape index (κ3) is 2.23. The monoisotopic (exact) mass is 297 g/mol. The number of hydrogen-bond acceptors (Lipinski definition) is 2. The second-order valence-electron chi connectivity index (χ2n) is 4.97. The minimum atomic E-state index is 0.168. The standard InChI is InChI=1S/C14H20BrNO/c1-10-12(7-11(17-2)8-13(10)15)14(9-16)5-3-4-6-14/h7-8H,3-6,9,16H2,1-2H3. The van der Waals surface area contributed by atoms with Crippen molar-refractivity contribution in [3.63, 3.8) is 0 Å². The number of ether oxygens (including phenoxy) is 1. The second kappa shape index (κ2) is 4.99. The van der Waals surface area contributed by atoms with Gasteiger partial charge in [-0.2, -0.15) is 0 Å². The Morgan fingerprint density at radius 1 is 1.35 bits per heavy atom. The van der Waals surface area contributed by atoms with Crippen LogP contribution in [0.15, 0.2) is 16.6 Å². The molecule has 1 aliphatic carbocycles. The van der Waals surface area contributed by atoms with Crippen LogP contribution >= 0.6 is 15.9 Å². The molecule has 3 heteroatoms. The quantitative estimate of drug-likeness (QED) is 0.926. The maximum absolute atomic E-state index is 6.06. The first-order chi connectivity index (χ1) is 8.13. The van der Waals surface area contributed by atoms with Crippen molar-refractivity contribution >= 4 is 15.9 Å². The van der Waals surface area contributed by atoms with Crippen molar-refractivity contribution < 1.29 is 4.74 Å². The van der Waals surface area contributed by atoms with Crippen LogP contribution in [-0.2, 0) is 5.41 Å². The zero-order valence-electron chi connectivity index (χ0n) is 10.6. The van der Waals surface area contributed by atoms with Crippen LogP contribution in [0, 0.1) is 6.92 Å². The molecular weight excluding hydrogens is 278 g/mol. The Hall–Kier alpha value is -0.540. The summed E-state index contributed by atoms with van der Waals surface area (Å²) < 4.78 is 6.49. The molecule has 0 saturated heterocycles. The maximum atomic E-state index is 6.06. The van der Waals surface area contributed by atoms with Gasteiger partial charge in [0.1, 0.15) is 5.75 Å². The number of nitrogens with two attached hydrogens (primary N) is 1. The Balaban J connectivity index is 2.52. The zero-order chi connectivity index (χ0) is 12.5. The lowest BCUT2D eigenvalue weighted by molar-refractivity contribution is 0.406. The second-order valence-corrected chi connectivity index (χ2v) is 5.83. The average molecular weight is 298 g/mol. The van der Waals surface area contributed by atoms with Gasteiger partial charge in [0, 0.05) is 16.4 Å². The van der Waals surface area contributed by atoms with E-state index in [4.69, 9.17) is 10.5 Å². The highest BCUT2D eigenvalue weighted by Gasteiger charge is 2.36. The topological polar surface area (TPSA) is 35.2 Å². The van der Waals surface area contributed by atoms with E-state index in [9.17, 15) is 0 Å². The summed E-state index contributed by atoms with van der Waals surface area (Å²) in [5.74, 6) is 0.914. The van der Waals surface area contributed by atoms with Gasteiger partial charge in [0.05, 0.1) is 7.11 Å². The molecule has 2 nitrogen and oxygen atoms in total. The van der Waals surface area contributed by atoms with Crippen LogP contribution in [0.25, 0.3) is 0 Å². The third-order valence-corrected chi connectivity index (χ3v) is 4.90. The molecule has 0 bridgehead atoms. The number of benzene rings is 1. The summed E-state index contributed by atoms with van der Waals surface area (Å²) in [5, 5.41) is 0. The SMILES string of the molecule is COc1cc(Br)c(C)c(C2(CN)CCCC2)c1. The van der Waals surface area contributed by atoms with Gasteiger partial charge in [0.25, 0.3) is 0 Å². The van der Waals surface area contributed by atoms with E-state index in [-0.39, 0.29) is 5.41 Å². The summed E-state index contributed by atoms with van der Waals surface area (Å²) in [6.45, 7) is 2.89. The predicted molar refractivity (Wildman–Crippen MR) is 74.6 cm³/mol. The first-order valence-electron chi connectivity index (χ1n) is 6.17. The molecule has 0 aliphatic heterocycles. The lowest BCUT2D eigenvalue weighted by Gasteiger charge is -2.30. The third-order valence-electron chi connectivity index (χ3n) is 4.08. The molecule has 94 valence electrons. The largest absolute Gasteiger partial charge is 0.497 e. The molecule has 1 aliphatic rings. The van der Waals surface area contributed by atoms with Crippen LogP contribution in [0.3, 0.4) is 0 Å². The first-order valence-corrected chi connectivity index (χ1v) is 6.97. The Kier molecular flexibility index (Phi) is 3.79. The Bertz CT molecular complexity index is 411. The molecule has 0 spiro atoms. The molecule has 0 heterocycles. The van der Waals surface area contributed by atoms with E-state index in [0.29, 0.717) is 0 Å². The van der Waals surface area contributed by atoms with Crippen LogP contribution in [-0.4, -0.2) is 13.7 Å². The molecule has 1 aromatic rings. The van der Waals surface area contributed by atoms with Crippen LogP contribution in [0.1, 0.15) is 36.8 Å². The van der Waals surface area contributed by atoms with Crippen LogP contribution in [0.5, 0.6) is 5.75 Å². The fourth-order valence-electron chi connectivity index (χ4n) is 2.96. The van der Waals surface area contributed by atoms with Gasteiger partial charge in [-0.05, 0) is 43.0 Å². The highest BCUT2D eigenvalue weighted by atomic mass is 79.9. The van der Waals surface area contributed by atoms with Gasteiger partial charge in [-0.3, -0.25) is 0 Å². The maximum Gasteiger partial charge on any atom is 0.120 e. The minimum absolute atomic E-state index is 0.168. The average Bonchev–Trinajstić information content (AvgIpc) is 2.82. The minimum Gasteiger partial charge on any atom is -0.497 e. The lowest BCUT2D eigenvalue weighted by atomic mass is 9.77. The zero-order valence-corrected chi connectivity index (χ0v) is 12.1. The fourth-order valence-corrected chi connectivity index (χ4v) is 3.40. The van der Waals surface area contributed by atoms with Crippen molar-refractivity contribution in [2.75, 3.05) is 13.7 Å². The molecule has 0 radical (unpaired) electrons. The number of halogens is 1. The van der Waals surface area contributed by atoms with E-state index >= 15 is 0 Å². The van der Waals surface area contributed by atoms with Crippen molar-refractivity contribution in [2.45, 2.75) is 38.0 Å². The Morgan fingerprint density at radius 3 is 2.53 bits per heavy atom.